The summed E-state index contributed by atoms with van der Waals surface area (Å²) in [7, 11) is 3.64. The van der Waals surface area contributed by atoms with Gasteiger partial charge in [-0.05, 0) is 52.4 Å². The summed E-state index contributed by atoms with van der Waals surface area (Å²) in [6.07, 6.45) is -1.78. The lowest BCUT2D eigenvalue weighted by atomic mass is 10.1. The number of rotatable bonds is 5. The maximum absolute atomic E-state index is 12.6. The van der Waals surface area contributed by atoms with E-state index >= 15 is 0 Å². The van der Waals surface area contributed by atoms with Crippen LogP contribution in [-0.4, -0.2) is 43.0 Å². The van der Waals surface area contributed by atoms with Crippen LogP contribution in [0.4, 0.5) is 4.79 Å². The highest BCUT2D eigenvalue weighted by atomic mass is 16.6. The molecule has 1 aromatic rings. The van der Waals surface area contributed by atoms with Crippen LogP contribution in [0.5, 0.6) is 5.75 Å². The zero-order valence-corrected chi connectivity index (χ0v) is 11.1. The molecule has 0 saturated heterocycles. The summed E-state index contributed by atoms with van der Waals surface area (Å²) in [4.78, 5) is 14.0. The lowest BCUT2D eigenvalue weighted by Gasteiger charge is -2.21. The first kappa shape index (κ1) is 6.27. The molecule has 0 heterocycles. The first-order valence-corrected chi connectivity index (χ1v) is 5.62. The number of carbonyl (C=O) groups excluding carboxylic acids is 1. The minimum Gasteiger partial charge on any atom is -0.410 e. The third-order valence-electron chi connectivity index (χ3n) is 2.73. The summed E-state index contributed by atoms with van der Waals surface area (Å²) in [6, 6.07) is 5.96. The molecule has 0 aliphatic heterocycles. The van der Waals surface area contributed by atoms with E-state index < -0.39 is 37.7 Å². The molecule has 0 aliphatic rings. The van der Waals surface area contributed by atoms with Crippen molar-refractivity contribution in [3.8, 4) is 5.75 Å². The smallest absolute Gasteiger partial charge is 0.410 e. The van der Waals surface area contributed by atoms with Crippen molar-refractivity contribution in [2.24, 2.45) is 0 Å². The lowest BCUT2D eigenvalue weighted by molar-refractivity contribution is 0.157. The SMILES string of the molecule is [2H]C([2H])([2H])C([2H])([2H])N(C(=O)Oc1cccc([C@H](C)N(C)C)c1)C([2H])([2H])C([2H])([2H])[2H]. The number of hydrogen-bond acceptors (Lipinski definition) is 3. The van der Waals surface area contributed by atoms with E-state index in [1.54, 1.807) is 12.1 Å². The Labute approximate surface area is 130 Å². The molecule has 106 valence electrons. The zero-order valence-electron chi connectivity index (χ0n) is 21.1. The van der Waals surface area contributed by atoms with Gasteiger partial charge in [-0.2, -0.15) is 0 Å². The van der Waals surface area contributed by atoms with Crippen LogP contribution in [0.2, 0.25) is 0 Å². The van der Waals surface area contributed by atoms with E-state index in [4.69, 9.17) is 18.4 Å². The van der Waals surface area contributed by atoms with Gasteiger partial charge in [0.1, 0.15) is 5.75 Å². The number of amides is 1. The minimum absolute atomic E-state index is 0.0904. The Kier molecular flexibility index (Phi) is 2.36. The van der Waals surface area contributed by atoms with E-state index in [0.717, 1.165) is 0 Å². The molecule has 0 spiro atoms. The van der Waals surface area contributed by atoms with Crippen LogP contribution >= 0.6 is 0 Å². The van der Waals surface area contributed by atoms with Crippen molar-refractivity contribution in [2.45, 2.75) is 26.7 Å². The molecule has 1 aromatic carbocycles. The van der Waals surface area contributed by atoms with Gasteiger partial charge in [-0.25, -0.2) is 4.79 Å². The predicted octanol–water partition coefficient (Wildman–Crippen LogP) is 3.15. The molecule has 4 heteroatoms. The summed E-state index contributed by atoms with van der Waals surface area (Å²) in [5.41, 5.74) is 0.713. The van der Waals surface area contributed by atoms with Crippen LogP contribution in [0.25, 0.3) is 0 Å². The molecule has 0 aromatic heterocycles. The fourth-order valence-corrected chi connectivity index (χ4v) is 1.40. The standard InChI is InChI=1S/C15H24N2O2/c1-6-17(7-2)15(18)19-14-10-8-9-13(11-14)12(3)16(4)5/h8-12H,6-7H2,1-5H3/t12-/m0/s1/i1D3,2D3,6D2,7D2. The fourth-order valence-electron chi connectivity index (χ4n) is 1.40. The van der Waals surface area contributed by atoms with E-state index in [-0.39, 0.29) is 11.8 Å². The molecule has 19 heavy (non-hydrogen) atoms. The number of nitrogens with zero attached hydrogens (tertiary/aromatic N) is 2. The molecule has 0 unspecified atom stereocenters. The second-order valence-corrected chi connectivity index (χ2v) is 4.14. The molecule has 0 saturated carbocycles. The third-order valence-corrected chi connectivity index (χ3v) is 2.73. The van der Waals surface area contributed by atoms with Crippen LogP contribution in [0.3, 0.4) is 0 Å². The topological polar surface area (TPSA) is 32.8 Å². The minimum atomic E-state index is -3.66. The van der Waals surface area contributed by atoms with Crippen LogP contribution < -0.4 is 4.74 Å². The summed E-state index contributed by atoms with van der Waals surface area (Å²) in [6.45, 7) is -12.5. The third kappa shape index (κ3) is 4.24. The van der Waals surface area contributed by atoms with Gasteiger partial charge in [0.2, 0.25) is 0 Å². The monoisotopic (exact) mass is 274 g/mol. The Morgan fingerprint density at radius 1 is 1.42 bits per heavy atom. The Morgan fingerprint density at radius 3 is 2.68 bits per heavy atom. The van der Waals surface area contributed by atoms with Crippen molar-refractivity contribution in [3.63, 3.8) is 0 Å². The van der Waals surface area contributed by atoms with Crippen LogP contribution in [0.15, 0.2) is 24.3 Å². The summed E-state index contributed by atoms with van der Waals surface area (Å²) < 4.78 is 79.9. The van der Waals surface area contributed by atoms with Gasteiger partial charge >= 0.3 is 6.09 Å². The molecular weight excluding hydrogens is 240 g/mol. The summed E-state index contributed by atoms with van der Waals surface area (Å²) in [5.74, 6) is -0.117. The van der Waals surface area contributed by atoms with E-state index in [2.05, 4.69) is 0 Å². The number of benzene rings is 1. The van der Waals surface area contributed by atoms with Gasteiger partial charge in [0, 0.05) is 32.7 Å². The molecule has 0 N–H and O–H groups in total. The molecule has 1 amide bonds. The fraction of sp³-hybridized carbons (Fsp3) is 0.533. The molecule has 0 bridgehead atoms. The van der Waals surface area contributed by atoms with E-state index in [9.17, 15) is 4.79 Å². The average molecular weight is 274 g/mol. The largest absolute Gasteiger partial charge is 0.415 e. The molecule has 0 aliphatic carbocycles. The molecular formula is C15H24N2O2. The molecule has 0 radical (unpaired) electrons. The molecule has 0 fully saturated rings. The molecule has 1 atom stereocenters. The van der Waals surface area contributed by atoms with Gasteiger partial charge in [0.25, 0.3) is 0 Å². The van der Waals surface area contributed by atoms with Crippen molar-refractivity contribution in [1.29, 1.82) is 0 Å². The Hall–Kier alpha value is -1.55. The Balaban J connectivity index is 3.39. The maximum atomic E-state index is 12.6. The van der Waals surface area contributed by atoms with Crippen LogP contribution in [0, 0.1) is 0 Å². The van der Waals surface area contributed by atoms with E-state index in [1.165, 1.54) is 12.1 Å². The molecule has 1 rings (SSSR count). The van der Waals surface area contributed by atoms with Crippen molar-refractivity contribution in [1.82, 2.24) is 9.80 Å². The summed E-state index contributed by atoms with van der Waals surface area (Å²) in [5, 5.41) is 0. The Morgan fingerprint density at radius 2 is 2.11 bits per heavy atom. The van der Waals surface area contributed by atoms with Crippen molar-refractivity contribution < 1.29 is 23.2 Å². The van der Waals surface area contributed by atoms with Crippen molar-refractivity contribution in [3.05, 3.63) is 29.8 Å². The molecule has 4 nitrogen and oxygen atoms in total. The number of ether oxygens (including phenoxy) is 1. The second-order valence-electron chi connectivity index (χ2n) is 4.14. The first-order chi connectivity index (χ1) is 12.8. The van der Waals surface area contributed by atoms with Crippen molar-refractivity contribution in [2.75, 3.05) is 27.1 Å². The quantitative estimate of drug-likeness (QED) is 0.827. The normalized spacial score (nSPS) is 22.9. The highest BCUT2D eigenvalue weighted by Crippen LogP contribution is 2.22. The highest BCUT2D eigenvalue weighted by molar-refractivity contribution is 5.70. The number of carbonyl (C=O) groups is 1. The first-order valence-electron chi connectivity index (χ1n) is 10.6. The van der Waals surface area contributed by atoms with Gasteiger partial charge in [-0.15, -0.1) is 0 Å². The van der Waals surface area contributed by atoms with Crippen LogP contribution in [0.1, 0.15) is 45.9 Å². The zero-order chi connectivity index (χ0) is 23.0. The van der Waals surface area contributed by atoms with E-state index in [0.29, 0.717) is 5.56 Å². The predicted molar refractivity (Wildman–Crippen MR) is 77.5 cm³/mol. The van der Waals surface area contributed by atoms with E-state index in [1.807, 2.05) is 25.9 Å². The van der Waals surface area contributed by atoms with Gasteiger partial charge in [0.15, 0.2) is 0 Å². The summed E-state index contributed by atoms with van der Waals surface area (Å²) >= 11 is 0. The van der Waals surface area contributed by atoms with Crippen molar-refractivity contribution >= 4 is 6.09 Å². The Bertz CT molecular complexity index is 705. The number of hydrogen-bond donors (Lipinski definition) is 0. The highest BCUT2D eigenvalue weighted by Gasteiger charge is 2.13. The maximum Gasteiger partial charge on any atom is 0.415 e. The van der Waals surface area contributed by atoms with Crippen LogP contribution in [-0.2, 0) is 0 Å². The van der Waals surface area contributed by atoms with Gasteiger partial charge < -0.3 is 14.5 Å². The lowest BCUT2D eigenvalue weighted by Crippen LogP contribution is -2.33. The van der Waals surface area contributed by atoms with Gasteiger partial charge in [-0.1, -0.05) is 12.1 Å². The van der Waals surface area contributed by atoms with Gasteiger partial charge in [-0.3, -0.25) is 0 Å². The average Bonchev–Trinajstić information content (AvgIpc) is 2.51. The second kappa shape index (κ2) is 7.14. The van der Waals surface area contributed by atoms with Gasteiger partial charge in [0.05, 0.1) is 0 Å².